The first-order valence-corrected chi connectivity index (χ1v) is 19.5. The second-order valence-corrected chi connectivity index (χ2v) is 13.5. The molecule has 0 aromatic carbocycles. The predicted molar refractivity (Wildman–Crippen MR) is 219 cm³/mol. The Balaban J connectivity index is 4.61. The third-order valence-corrected chi connectivity index (χ3v) is 7.80. The second-order valence-electron chi connectivity index (χ2n) is 13.5. The van der Waals surface area contributed by atoms with Crippen molar-refractivity contribution in [2.24, 2.45) is 0 Å². The standard InChI is InChI=1S/C45H69NO7/c1-6-8-10-12-14-16-18-20-21-22-24-25-27-29-31-33-35-43(47)52-40-41(39-51-38-37-42(45(49)50)46(3,4)5)53-44(48)36-34-32-30-28-26-23-19-17-15-13-11-9-7-2/h8-11,13-17,19-21,23-26,28,30,41-42H,6-7,12,18,22,27,29,31-40H2,1-5H3/p+1/b10-8+,11-9+,15-13+,16-14+,19-17+,21-20+,25-24+,26-23+,30-28+. The van der Waals surface area contributed by atoms with E-state index in [-0.39, 0.29) is 36.7 Å². The van der Waals surface area contributed by atoms with E-state index in [0.717, 1.165) is 57.8 Å². The van der Waals surface area contributed by atoms with Crippen molar-refractivity contribution in [1.82, 2.24) is 0 Å². The Kier molecular flexibility index (Phi) is 32.4. The molecule has 0 saturated carbocycles. The van der Waals surface area contributed by atoms with Gasteiger partial charge in [-0.1, -0.05) is 130 Å². The van der Waals surface area contributed by atoms with E-state index in [4.69, 9.17) is 14.2 Å². The number of aliphatic carboxylic acids is 1. The molecule has 0 aliphatic rings. The van der Waals surface area contributed by atoms with Gasteiger partial charge in [0.25, 0.3) is 0 Å². The summed E-state index contributed by atoms with van der Waals surface area (Å²) in [5.74, 6) is -1.63. The zero-order valence-corrected chi connectivity index (χ0v) is 33.4. The first-order valence-electron chi connectivity index (χ1n) is 19.5. The summed E-state index contributed by atoms with van der Waals surface area (Å²) in [6.07, 6.45) is 47.2. The number of hydrogen-bond donors (Lipinski definition) is 1. The maximum Gasteiger partial charge on any atom is 0.362 e. The van der Waals surface area contributed by atoms with E-state index in [9.17, 15) is 19.5 Å². The van der Waals surface area contributed by atoms with E-state index in [1.165, 1.54) is 0 Å². The van der Waals surface area contributed by atoms with Crippen LogP contribution in [0.15, 0.2) is 109 Å². The van der Waals surface area contributed by atoms with Crippen molar-refractivity contribution >= 4 is 17.9 Å². The first kappa shape index (κ1) is 49.0. The third-order valence-electron chi connectivity index (χ3n) is 7.80. The van der Waals surface area contributed by atoms with Gasteiger partial charge in [0.05, 0.1) is 34.4 Å². The van der Waals surface area contributed by atoms with Crippen molar-refractivity contribution in [2.45, 2.75) is 116 Å². The quantitative estimate of drug-likeness (QED) is 0.0241. The molecule has 0 rings (SSSR count). The van der Waals surface area contributed by atoms with E-state index < -0.39 is 24.1 Å². The lowest BCUT2D eigenvalue weighted by atomic mass is 10.1. The van der Waals surface area contributed by atoms with Crippen molar-refractivity contribution in [3.63, 3.8) is 0 Å². The normalized spacial score (nSPS) is 14.2. The molecule has 0 saturated heterocycles. The van der Waals surface area contributed by atoms with Gasteiger partial charge in [-0.3, -0.25) is 9.59 Å². The average molecular weight is 737 g/mol. The summed E-state index contributed by atoms with van der Waals surface area (Å²) in [5.41, 5.74) is 0. The number of quaternary nitrogens is 1. The van der Waals surface area contributed by atoms with Gasteiger partial charge in [0.15, 0.2) is 12.1 Å². The van der Waals surface area contributed by atoms with Crippen LogP contribution in [0.25, 0.3) is 0 Å². The summed E-state index contributed by atoms with van der Waals surface area (Å²) in [7, 11) is 5.46. The fourth-order valence-corrected chi connectivity index (χ4v) is 4.82. The summed E-state index contributed by atoms with van der Waals surface area (Å²) in [4.78, 5) is 36.8. The molecule has 0 aliphatic heterocycles. The number of likely N-dealkylation sites (N-methyl/N-ethyl adjacent to an activating group) is 1. The van der Waals surface area contributed by atoms with Gasteiger partial charge < -0.3 is 23.8 Å². The van der Waals surface area contributed by atoms with Gasteiger partial charge in [-0.25, -0.2) is 4.79 Å². The van der Waals surface area contributed by atoms with Gasteiger partial charge in [0, 0.05) is 19.3 Å². The van der Waals surface area contributed by atoms with Crippen LogP contribution in [0.5, 0.6) is 0 Å². The van der Waals surface area contributed by atoms with Gasteiger partial charge in [-0.2, -0.15) is 0 Å². The Labute approximate surface area is 321 Å². The molecule has 8 heteroatoms. The summed E-state index contributed by atoms with van der Waals surface area (Å²) in [5, 5.41) is 9.59. The number of carbonyl (C=O) groups is 3. The minimum atomic E-state index is -0.898. The average Bonchev–Trinajstić information content (AvgIpc) is 3.11. The third kappa shape index (κ3) is 33.6. The van der Waals surface area contributed by atoms with Crippen LogP contribution in [0.3, 0.4) is 0 Å². The summed E-state index contributed by atoms with van der Waals surface area (Å²) in [6.45, 7) is 4.32. The van der Waals surface area contributed by atoms with Crippen LogP contribution in [0, 0.1) is 0 Å². The van der Waals surface area contributed by atoms with Crippen LogP contribution in [0.4, 0.5) is 0 Å². The van der Waals surface area contributed by atoms with Crippen LogP contribution in [0.1, 0.15) is 104 Å². The Morgan fingerprint density at radius 2 is 1.11 bits per heavy atom. The zero-order chi connectivity index (χ0) is 39.3. The molecule has 0 bridgehead atoms. The molecule has 0 amide bonds. The molecular formula is C45H70NO7+. The van der Waals surface area contributed by atoms with Crippen LogP contribution >= 0.6 is 0 Å². The predicted octanol–water partition coefficient (Wildman–Crippen LogP) is 10.1. The number of hydrogen-bond acceptors (Lipinski definition) is 6. The highest BCUT2D eigenvalue weighted by molar-refractivity contribution is 5.72. The molecule has 0 heterocycles. The topological polar surface area (TPSA) is 99.1 Å². The largest absolute Gasteiger partial charge is 0.477 e. The Bertz CT molecular complexity index is 1230. The minimum absolute atomic E-state index is 0.0136. The van der Waals surface area contributed by atoms with Crippen molar-refractivity contribution in [2.75, 3.05) is 41.0 Å². The molecule has 2 unspecified atom stereocenters. The van der Waals surface area contributed by atoms with E-state index in [0.29, 0.717) is 25.7 Å². The van der Waals surface area contributed by atoms with E-state index in [1.807, 2.05) is 75.8 Å². The first-order chi connectivity index (χ1) is 25.6. The van der Waals surface area contributed by atoms with E-state index >= 15 is 0 Å². The molecule has 296 valence electrons. The van der Waals surface area contributed by atoms with Gasteiger partial charge in [-0.05, 0) is 64.2 Å². The Morgan fingerprint density at radius 1 is 0.585 bits per heavy atom. The molecule has 0 aromatic rings. The molecule has 0 radical (unpaired) electrons. The Hall–Kier alpha value is -4.01. The summed E-state index contributed by atoms with van der Waals surface area (Å²) in [6, 6.07) is -0.638. The highest BCUT2D eigenvalue weighted by Crippen LogP contribution is 2.11. The van der Waals surface area contributed by atoms with Crippen LogP contribution in [-0.2, 0) is 28.6 Å². The van der Waals surface area contributed by atoms with Crippen LogP contribution in [0.2, 0.25) is 0 Å². The van der Waals surface area contributed by atoms with Gasteiger partial charge in [-0.15, -0.1) is 0 Å². The fourth-order valence-electron chi connectivity index (χ4n) is 4.82. The highest BCUT2D eigenvalue weighted by Gasteiger charge is 2.31. The molecule has 0 aromatic heterocycles. The van der Waals surface area contributed by atoms with Crippen molar-refractivity contribution < 1.29 is 38.2 Å². The van der Waals surface area contributed by atoms with Gasteiger partial charge >= 0.3 is 17.9 Å². The number of esters is 2. The van der Waals surface area contributed by atoms with E-state index in [2.05, 4.69) is 68.5 Å². The second kappa shape index (κ2) is 35.0. The maximum atomic E-state index is 12.6. The maximum absolute atomic E-state index is 12.6. The SMILES string of the molecule is CC/C=C/C=C/C=C/C=C/C=C/CCCC(=O)OC(COCCC(C(=O)O)[N+](C)(C)C)COC(=O)CCCCC/C=C/C/C=C/C/C=C/C/C=C/CC. The van der Waals surface area contributed by atoms with Crippen LogP contribution in [-0.4, -0.2) is 80.6 Å². The van der Waals surface area contributed by atoms with Crippen LogP contribution < -0.4 is 0 Å². The van der Waals surface area contributed by atoms with Gasteiger partial charge in [0.2, 0.25) is 0 Å². The molecule has 2 atom stereocenters. The molecule has 0 fully saturated rings. The molecule has 53 heavy (non-hydrogen) atoms. The molecule has 0 aliphatic carbocycles. The van der Waals surface area contributed by atoms with E-state index in [1.54, 1.807) is 0 Å². The lowest BCUT2D eigenvalue weighted by molar-refractivity contribution is -0.887. The summed E-state index contributed by atoms with van der Waals surface area (Å²) < 4.78 is 17.1. The smallest absolute Gasteiger partial charge is 0.362 e. The molecule has 1 N–H and O–H groups in total. The monoisotopic (exact) mass is 737 g/mol. The number of unbranched alkanes of at least 4 members (excludes halogenated alkanes) is 4. The number of nitrogens with zero attached hydrogens (tertiary/aromatic N) is 1. The molecular weight excluding hydrogens is 666 g/mol. The fraction of sp³-hybridized carbons (Fsp3) is 0.533. The minimum Gasteiger partial charge on any atom is -0.477 e. The molecule has 8 nitrogen and oxygen atoms in total. The van der Waals surface area contributed by atoms with Crippen molar-refractivity contribution in [1.29, 1.82) is 0 Å². The van der Waals surface area contributed by atoms with Crippen molar-refractivity contribution in [3.05, 3.63) is 109 Å². The summed E-state index contributed by atoms with van der Waals surface area (Å²) >= 11 is 0. The lowest BCUT2D eigenvalue weighted by Crippen LogP contribution is -2.50. The number of rotatable bonds is 32. The van der Waals surface area contributed by atoms with Gasteiger partial charge in [0.1, 0.15) is 6.61 Å². The number of carbonyl (C=O) groups excluding carboxylic acids is 2. The van der Waals surface area contributed by atoms with Crippen molar-refractivity contribution in [3.8, 4) is 0 Å². The number of carboxylic acids is 1. The number of carboxylic acid groups (broad SMARTS) is 1. The number of ether oxygens (including phenoxy) is 3. The number of allylic oxidation sites excluding steroid dienone is 18. The lowest BCUT2D eigenvalue weighted by Gasteiger charge is -2.31. The molecule has 0 spiro atoms. The highest BCUT2D eigenvalue weighted by atomic mass is 16.6. The zero-order valence-electron chi connectivity index (χ0n) is 33.4. The Morgan fingerprint density at radius 3 is 1.70 bits per heavy atom.